The van der Waals surface area contributed by atoms with Crippen molar-refractivity contribution in [2.24, 2.45) is 5.92 Å². The second-order valence-corrected chi connectivity index (χ2v) is 8.63. The molecule has 2 aromatic rings. The largest absolute Gasteiger partial charge is 0.394 e. The predicted octanol–water partition coefficient (Wildman–Crippen LogP) is 1.97. The quantitative estimate of drug-likeness (QED) is 0.708. The number of benzene rings is 1. The van der Waals surface area contributed by atoms with Gasteiger partial charge in [-0.25, -0.2) is 9.48 Å². The number of nitrogens with zero attached hydrogens (tertiary/aromatic N) is 5. The number of aromatic nitrogens is 3. The maximum absolute atomic E-state index is 12.9. The number of hydrogen-bond donors (Lipinski definition) is 2. The number of urea groups is 1. The SMILES string of the molecule is C[C@H]1CN([C@@H](C)CO)C(=O)CCCn2nncc2CO[C@H]1CN(C)C(=O)Nc1ccccc1. The lowest BCUT2D eigenvalue weighted by atomic mass is 10.0. The second-order valence-electron chi connectivity index (χ2n) is 8.63. The average Bonchev–Trinajstić information content (AvgIpc) is 3.26. The Morgan fingerprint density at radius 2 is 2.12 bits per heavy atom. The van der Waals surface area contributed by atoms with Gasteiger partial charge in [-0.1, -0.05) is 30.3 Å². The van der Waals surface area contributed by atoms with Crippen LogP contribution in [0, 0.1) is 5.92 Å². The van der Waals surface area contributed by atoms with E-state index < -0.39 is 0 Å². The van der Waals surface area contributed by atoms with Gasteiger partial charge in [-0.05, 0) is 25.5 Å². The number of rotatable bonds is 5. The number of nitrogens with one attached hydrogen (secondary N) is 1. The van der Waals surface area contributed by atoms with Gasteiger partial charge < -0.3 is 25.0 Å². The van der Waals surface area contributed by atoms with Gasteiger partial charge in [0.2, 0.25) is 5.91 Å². The average molecular weight is 459 g/mol. The van der Waals surface area contributed by atoms with E-state index in [4.69, 9.17) is 4.74 Å². The van der Waals surface area contributed by atoms with Gasteiger partial charge in [0, 0.05) is 44.7 Å². The molecule has 1 aromatic heterocycles. The first-order valence-electron chi connectivity index (χ1n) is 11.4. The zero-order chi connectivity index (χ0) is 23.8. The minimum atomic E-state index is -0.347. The molecule has 0 bridgehead atoms. The van der Waals surface area contributed by atoms with Gasteiger partial charge in [-0.2, -0.15) is 0 Å². The van der Waals surface area contributed by atoms with Crippen LogP contribution in [0.1, 0.15) is 32.4 Å². The highest BCUT2D eigenvalue weighted by molar-refractivity contribution is 5.89. The monoisotopic (exact) mass is 458 g/mol. The van der Waals surface area contributed by atoms with Gasteiger partial charge in [0.25, 0.3) is 0 Å². The number of ether oxygens (including phenoxy) is 1. The smallest absolute Gasteiger partial charge is 0.321 e. The molecule has 0 radical (unpaired) electrons. The lowest BCUT2D eigenvalue weighted by Gasteiger charge is -2.35. The summed E-state index contributed by atoms with van der Waals surface area (Å²) < 4.78 is 8.01. The number of hydrogen-bond acceptors (Lipinski definition) is 6. The van der Waals surface area contributed by atoms with Crippen LogP contribution >= 0.6 is 0 Å². The van der Waals surface area contributed by atoms with Crippen LogP contribution in [0.3, 0.4) is 0 Å². The first kappa shape index (κ1) is 24.7. The minimum Gasteiger partial charge on any atom is -0.394 e. The number of aliphatic hydroxyl groups excluding tert-OH is 1. The maximum atomic E-state index is 12.9. The minimum absolute atomic E-state index is 0.0143. The third kappa shape index (κ3) is 6.75. The molecule has 3 rings (SSSR count). The Balaban J connectivity index is 1.76. The number of amides is 3. The normalized spacial score (nSPS) is 20.8. The van der Waals surface area contributed by atoms with Crippen molar-refractivity contribution in [2.45, 2.75) is 52.0 Å². The molecule has 10 heteroatoms. The number of carbonyl (C=O) groups excluding carboxylic acids is 2. The summed E-state index contributed by atoms with van der Waals surface area (Å²) in [7, 11) is 1.72. The van der Waals surface area contributed by atoms with Crippen molar-refractivity contribution >= 4 is 17.6 Å². The highest BCUT2D eigenvalue weighted by Crippen LogP contribution is 2.18. The summed E-state index contributed by atoms with van der Waals surface area (Å²) >= 11 is 0. The standard InChI is InChI=1S/C23H34N6O4/c1-17-13-28(18(2)15-30)22(31)10-7-11-29-20(12-24-26-29)16-33-21(17)14-27(3)23(32)25-19-8-5-4-6-9-19/h4-6,8-9,12,17-18,21,30H,7,10-11,13-16H2,1-3H3,(H,25,32)/t17-,18-,21-/m0/s1. The van der Waals surface area contributed by atoms with Crippen molar-refractivity contribution in [1.29, 1.82) is 0 Å². The van der Waals surface area contributed by atoms with Crippen LogP contribution in [0.15, 0.2) is 36.5 Å². The Morgan fingerprint density at radius 3 is 2.85 bits per heavy atom. The molecule has 0 saturated heterocycles. The van der Waals surface area contributed by atoms with Crippen LogP contribution in [0.4, 0.5) is 10.5 Å². The molecule has 3 atom stereocenters. The third-order valence-corrected chi connectivity index (χ3v) is 5.97. The maximum Gasteiger partial charge on any atom is 0.321 e. The fourth-order valence-corrected chi connectivity index (χ4v) is 3.84. The molecular weight excluding hydrogens is 424 g/mol. The third-order valence-electron chi connectivity index (χ3n) is 5.97. The number of aliphatic hydroxyl groups is 1. The van der Waals surface area contributed by atoms with Crippen LogP contribution in [0.2, 0.25) is 0 Å². The molecule has 180 valence electrons. The fraction of sp³-hybridized carbons (Fsp3) is 0.565. The molecule has 10 nitrogen and oxygen atoms in total. The number of likely N-dealkylation sites (N-methyl/N-ethyl adjacent to an activating group) is 1. The van der Waals surface area contributed by atoms with Gasteiger partial charge >= 0.3 is 6.03 Å². The summed E-state index contributed by atoms with van der Waals surface area (Å²) in [5, 5.41) is 20.7. The Morgan fingerprint density at radius 1 is 1.36 bits per heavy atom. The van der Waals surface area contributed by atoms with E-state index in [1.807, 2.05) is 44.2 Å². The summed E-state index contributed by atoms with van der Waals surface area (Å²) in [5.41, 5.74) is 1.54. The van der Waals surface area contributed by atoms with Gasteiger partial charge in [0.1, 0.15) is 0 Å². The zero-order valence-electron chi connectivity index (χ0n) is 19.6. The van der Waals surface area contributed by atoms with Crippen LogP contribution < -0.4 is 5.32 Å². The van der Waals surface area contributed by atoms with Crippen LogP contribution in [0.5, 0.6) is 0 Å². The molecule has 33 heavy (non-hydrogen) atoms. The summed E-state index contributed by atoms with van der Waals surface area (Å²) in [6.07, 6.45) is 2.31. The summed E-state index contributed by atoms with van der Waals surface area (Å²) in [5.74, 6) is -0.0988. The molecule has 0 aliphatic carbocycles. The number of carbonyl (C=O) groups is 2. The second kappa shape index (κ2) is 11.8. The predicted molar refractivity (Wildman–Crippen MR) is 123 cm³/mol. The Bertz CT molecular complexity index is 905. The van der Waals surface area contributed by atoms with Crippen molar-refractivity contribution in [2.75, 3.05) is 32.1 Å². The van der Waals surface area contributed by atoms with E-state index in [2.05, 4.69) is 15.6 Å². The van der Waals surface area contributed by atoms with Crippen LogP contribution in [0.25, 0.3) is 0 Å². The topological polar surface area (TPSA) is 113 Å². The van der Waals surface area contributed by atoms with E-state index in [1.165, 1.54) is 0 Å². The van der Waals surface area contributed by atoms with E-state index in [0.29, 0.717) is 44.8 Å². The van der Waals surface area contributed by atoms with Crippen molar-refractivity contribution < 1.29 is 19.4 Å². The first-order valence-corrected chi connectivity index (χ1v) is 11.4. The molecule has 0 spiro atoms. The zero-order valence-corrected chi connectivity index (χ0v) is 19.6. The van der Waals surface area contributed by atoms with Crippen molar-refractivity contribution in [1.82, 2.24) is 24.8 Å². The number of aryl methyl sites for hydroxylation is 1. The molecule has 2 N–H and O–H groups in total. The lowest BCUT2D eigenvalue weighted by molar-refractivity contribution is -0.136. The van der Waals surface area contributed by atoms with Crippen LogP contribution in [-0.4, -0.2) is 80.7 Å². The summed E-state index contributed by atoms with van der Waals surface area (Å²) in [6.45, 7) is 5.34. The Hall–Kier alpha value is -2.98. The molecule has 1 aliphatic heterocycles. The van der Waals surface area contributed by atoms with E-state index in [-0.39, 0.29) is 36.6 Å². The molecular formula is C23H34N6O4. The Kier molecular flexibility index (Phi) is 8.79. The van der Waals surface area contributed by atoms with E-state index in [0.717, 1.165) is 5.69 Å². The van der Waals surface area contributed by atoms with E-state index >= 15 is 0 Å². The number of fused-ring (bicyclic) bond motifs is 1. The Labute approximate surface area is 194 Å². The molecule has 0 unspecified atom stereocenters. The highest BCUT2D eigenvalue weighted by atomic mass is 16.5. The molecule has 3 amide bonds. The van der Waals surface area contributed by atoms with Gasteiger partial charge in [0.05, 0.1) is 37.3 Å². The molecule has 0 saturated carbocycles. The van der Waals surface area contributed by atoms with Crippen LogP contribution in [-0.2, 0) is 22.7 Å². The van der Waals surface area contributed by atoms with Crippen molar-refractivity contribution in [3.8, 4) is 0 Å². The molecule has 0 fully saturated rings. The number of para-hydroxylation sites is 1. The van der Waals surface area contributed by atoms with E-state index in [9.17, 15) is 14.7 Å². The van der Waals surface area contributed by atoms with Crippen molar-refractivity contribution in [3.63, 3.8) is 0 Å². The van der Waals surface area contributed by atoms with Gasteiger partial charge in [-0.3, -0.25) is 4.79 Å². The van der Waals surface area contributed by atoms with E-state index in [1.54, 1.807) is 27.7 Å². The van der Waals surface area contributed by atoms with Gasteiger partial charge in [0.15, 0.2) is 0 Å². The summed E-state index contributed by atoms with van der Waals surface area (Å²) in [4.78, 5) is 29.0. The highest BCUT2D eigenvalue weighted by Gasteiger charge is 2.29. The molecule has 1 aliphatic rings. The van der Waals surface area contributed by atoms with Crippen molar-refractivity contribution in [3.05, 3.63) is 42.2 Å². The first-order chi connectivity index (χ1) is 15.9. The molecule has 1 aromatic carbocycles. The lowest BCUT2D eigenvalue weighted by Crippen LogP contribution is -2.48. The number of anilines is 1. The summed E-state index contributed by atoms with van der Waals surface area (Å²) in [6, 6.07) is 8.72. The fourth-order valence-electron chi connectivity index (χ4n) is 3.84. The molecule has 2 heterocycles. The van der Waals surface area contributed by atoms with Gasteiger partial charge in [-0.15, -0.1) is 5.10 Å².